The van der Waals surface area contributed by atoms with Crippen molar-refractivity contribution >= 4 is 0 Å². The van der Waals surface area contributed by atoms with E-state index in [0.717, 1.165) is 29.9 Å². The second-order valence-electron chi connectivity index (χ2n) is 6.14. The first kappa shape index (κ1) is 13.7. The highest BCUT2D eigenvalue weighted by Gasteiger charge is 2.20. The third kappa shape index (κ3) is 3.38. The topological polar surface area (TPSA) is 25.2 Å². The van der Waals surface area contributed by atoms with Gasteiger partial charge < -0.3 is 9.73 Å². The molecule has 1 aliphatic carbocycles. The Labute approximate surface area is 111 Å². The van der Waals surface area contributed by atoms with Crippen LogP contribution in [0.4, 0.5) is 0 Å². The molecule has 0 bridgehead atoms. The lowest BCUT2D eigenvalue weighted by atomic mass is 9.82. The van der Waals surface area contributed by atoms with Crippen LogP contribution < -0.4 is 5.32 Å². The van der Waals surface area contributed by atoms with Gasteiger partial charge in [0, 0.05) is 11.6 Å². The normalized spacial score (nSPS) is 26.2. The van der Waals surface area contributed by atoms with Crippen molar-refractivity contribution in [2.24, 2.45) is 11.8 Å². The summed E-state index contributed by atoms with van der Waals surface area (Å²) in [7, 11) is 0. The fourth-order valence-corrected chi connectivity index (χ4v) is 3.28. The zero-order chi connectivity index (χ0) is 13.1. The lowest BCUT2D eigenvalue weighted by Gasteiger charge is -2.28. The van der Waals surface area contributed by atoms with Crippen LogP contribution >= 0.6 is 0 Å². The van der Waals surface area contributed by atoms with Gasteiger partial charge in [0.15, 0.2) is 0 Å². The highest BCUT2D eigenvalue weighted by atomic mass is 16.3. The van der Waals surface area contributed by atoms with E-state index >= 15 is 0 Å². The van der Waals surface area contributed by atoms with Gasteiger partial charge in [-0.1, -0.05) is 19.8 Å². The largest absolute Gasteiger partial charge is 0.466 e. The van der Waals surface area contributed by atoms with Gasteiger partial charge in [-0.05, 0) is 58.1 Å². The Kier molecular flexibility index (Phi) is 4.50. The van der Waals surface area contributed by atoms with Gasteiger partial charge in [0.05, 0.1) is 0 Å². The summed E-state index contributed by atoms with van der Waals surface area (Å²) in [4.78, 5) is 0. The van der Waals surface area contributed by atoms with Gasteiger partial charge in [-0.3, -0.25) is 0 Å². The molecule has 1 saturated carbocycles. The average Bonchev–Trinajstić information content (AvgIpc) is 2.66. The molecule has 0 spiro atoms. The predicted molar refractivity (Wildman–Crippen MR) is 75.7 cm³/mol. The maximum atomic E-state index is 5.60. The van der Waals surface area contributed by atoms with Gasteiger partial charge in [0.1, 0.15) is 11.5 Å². The standard InChI is InChI=1S/C16H27NO/c1-11-6-5-7-15(8-11)10-17-13(3)16-9-12(2)18-14(16)4/h9,11,13,15,17H,5-8,10H2,1-4H3. The molecule has 1 aliphatic rings. The number of hydrogen-bond acceptors (Lipinski definition) is 2. The van der Waals surface area contributed by atoms with Crippen molar-refractivity contribution < 1.29 is 4.42 Å². The second kappa shape index (κ2) is 5.92. The van der Waals surface area contributed by atoms with E-state index < -0.39 is 0 Å². The molecule has 18 heavy (non-hydrogen) atoms. The molecule has 1 aromatic heterocycles. The molecule has 1 N–H and O–H groups in total. The summed E-state index contributed by atoms with van der Waals surface area (Å²) in [6, 6.07) is 2.57. The van der Waals surface area contributed by atoms with E-state index in [-0.39, 0.29) is 0 Å². The summed E-state index contributed by atoms with van der Waals surface area (Å²) in [5.74, 6) is 3.86. The van der Waals surface area contributed by atoms with Crippen molar-refractivity contribution in [1.29, 1.82) is 0 Å². The molecule has 0 aliphatic heterocycles. The van der Waals surface area contributed by atoms with Crippen molar-refractivity contribution in [3.8, 4) is 0 Å². The highest BCUT2D eigenvalue weighted by Crippen LogP contribution is 2.29. The van der Waals surface area contributed by atoms with Crippen LogP contribution in [0, 0.1) is 25.7 Å². The van der Waals surface area contributed by atoms with Crippen LogP contribution in [0.15, 0.2) is 10.5 Å². The quantitative estimate of drug-likeness (QED) is 0.857. The molecule has 3 atom stereocenters. The Morgan fingerprint density at radius 3 is 2.78 bits per heavy atom. The predicted octanol–water partition coefficient (Wildman–Crippen LogP) is 4.37. The molecule has 2 rings (SSSR count). The van der Waals surface area contributed by atoms with Crippen molar-refractivity contribution in [2.75, 3.05) is 6.54 Å². The highest BCUT2D eigenvalue weighted by molar-refractivity contribution is 5.23. The van der Waals surface area contributed by atoms with Gasteiger partial charge in [0.25, 0.3) is 0 Å². The Bertz CT molecular complexity index is 382. The first-order valence-corrected chi connectivity index (χ1v) is 7.36. The maximum Gasteiger partial charge on any atom is 0.105 e. The molecular weight excluding hydrogens is 222 g/mol. The van der Waals surface area contributed by atoms with E-state index in [4.69, 9.17) is 4.42 Å². The smallest absolute Gasteiger partial charge is 0.105 e. The van der Waals surface area contributed by atoms with Crippen LogP contribution in [0.25, 0.3) is 0 Å². The Morgan fingerprint density at radius 1 is 1.39 bits per heavy atom. The van der Waals surface area contributed by atoms with E-state index in [1.807, 2.05) is 6.92 Å². The zero-order valence-electron chi connectivity index (χ0n) is 12.3. The van der Waals surface area contributed by atoms with Crippen LogP contribution in [0.2, 0.25) is 0 Å². The molecule has 0 saturated heterocycles. The molecule has 0 radical (unpaired) electrons. The molecule has 1 fully saturated rings. The van der Waals surface area contributed by atoms with E-state index in [9.17, 15) is 0 Å². The molecule has 102 valence electrons. The Morgan fingerprint density at radius 2 is 2.17 bits per heavy atom. The number of aryl methyl sites for hydroxylation is 2. The van der Waals surface area contributed by atoms with Crippen LogP contribution in [-0.4, -0.2) is 6.54 Å². The van der Waals surface area contributed by atoms with E-state index in [2.05, 4.69) is 32.2 Å². The van der Waals surface area contributed by atoms with Crippen molar-refractivity contribution in [1.82, 2.24) is 5.32 Å². The summed E-state index contributed by atoms with van der Waals surface area (Å²) >= 11 is 0. The second-order valence-corrected chi connectivity index (χ2v) is 6.14. The zero-order valence-corrected chi connectivity index (χ0v) is 12.3. The van der Waals surface area contributed by atoms with Crippen molar-refractivity contribution in [2.45, 2.75) is 59.4 Å². The monoisotopic (exact) mass is 249 g/mol. The molecule has 3 unspecified atom stereocenters. The minimum absolute atomic E-state index is 0.402. The molecule has 0 aromatic carbocycles. The Balaban J connectivity index is 1.84. The third-order valence-electron chi connectivity index (χ3n) is 4.30. The summed E-state index contributed by atoms with van der Waals surface area (Å²) in [6.45, 7) is 9.85. The van der Waals surface area contributed by atoms with E-state index in [0.29, 0.717) is 6.04 Å². The first-order chi connectivity index (χ1) is 8.56. The number of hydrogen-bond donors (Lipinski definition) is 1. The summed E-state index contributed by atoms with van der Waals surface area (Å²) < 4.78 is 5.60. The van der Waals surface area contributed by atoms with Crippen molar-refractivity contribution in [3.05, 3.63) is 23.2 Å². The van der Waals surface area contributed by atoms with Crippen LogP contribution in [0.5, 0.6) is 0 Å². The Hall–Kier alpha value is -0.760. The minimum Gasteiger partial charge on any atom is -0.466 e. The SMILES string of the molecule is Cc1cc(C(C)NCC2CCCC(C)C2)c(C)o1. The molecule has 1 heterocycles. The first-order valence-electron chi connectivity index (χ1n) is 7.36. The van der Waals surface area contributed by atoms with Crippen LogP contribution in [0.3, 0.4) is 0 Å². The minimum atomic E-state index is 0.402. The number of nitrogens with one attached hydrogen (secondary N) is 1. The average molecular weight is 249 g/mol. The van der Waals surface area contributed by atoms with Gasteiger partial charge in [-0.2, -0.15) is 0 Å². The molecule has 2 heteroatoms. The van der Waals surface area contributed by atoms with Gasteiger partial charge in [0.2, 0.25) is 0 Å². The van der Waals surface area contributed by atoms with Gasteiger partial charge in [-0.15, -0.1) is 0 Å². The third-order valence-corrected chi connectivity index (χ3v) is 4.30. The maximum absolute atomic E-state index is 5.60. The fraction of sp³-hybridized carbons (Fsp3) is 0.750. The lowest BCUT2D eigenvalue weighted by Crippen LogP contribution is -2.28. The number of furan rings is 1. The van der Waals surface area contributed by atoms with Gasteiger partial charge in [-0.25, -0.2) is 0 Å². The lowest BCUT2D eigenvalue weighted by molar-refractivity contribution is 0.268. The van der Waals surface area contributed by atoms with Crippen molar-refractivity contribution in [3.63, 3.8) is 0 Å². The molecule has 1 aromatic rings. The number of rotatable bonds is 4. The summed E-state index contributed by atoms with van der Waals surface area (Å²) in [6.07, 6.45) is 5.62. The fourth-order valence-electron chi connectivity index (χ4n) is 3.28. The van der Waals surface area contributed by atoms with Gasteiger partial charge >= 0.3 is 0 Å². The van der Waals surface area contributed by atoms with E-state index in [1.165, 1.54) is 31.2 Å². The molecular formula is C16H27NO. The van der Waals surface area contributed by atoms with E-state index in [1.54, 1.807) is 0 Å². The van der Waals surface area contributed by atoms with Crippen LogP contribution in [-0.2, 0) is 0 Å². The van der Waals surface area contributed by atoms with Crippen LogP contribution in [0.1, 0.15) is 62.7 Å². The molecule has 0 amide bonds. The molecule has 2 nitrogen and oxygen atoms in total. The summed E-state index contributed by atoms with van der Waals surface area (Å²) in [5, 5.41) is 3.68. The summed E-state index contributed by atoms with van der Waals surface area (Å²) in [5.41, 5.74) is 1.32.